The van der Waals surface area contributed by atoms with Gasteiger partial charge in [-0.2, -0.15) is 0 Å². The number of aromatic hydroxyl groups is 1. The number of carbonyl (C=O) groups excluding carboxylic acids is 1. The molecule has 2 aromatic carbocycles. The Bertz CT molecular complexity index is 1020. The molecule has 25 heavy (non-hydrogen) atoms. The fraction of sp³-hybridized carbons (Fsp3) is 0.190. The van der Waals surface area contributed by atoms with Crippen LogP contribution in [0.2, 0.25) is 0 Å². The average molecular weight is 333 g/mol. The van der Waals surface area contributed by atoms with E-state index in [0.717, 1.165) is 22.0 Å². The molecule has 0 radical (unpaired) electrons. The van der Waals surface area contributed by atoms with Gasteiger partial charge in [0.25, 0.3) is 0 Å². The van der Waals surface area contributed by atoms with Crippen LogP contribution >= 0.6 is 0 Å². The van der Waals surface area contributed by atoms with Crippen molar-refractivity contribution in [2.45, 2.75) is 19.4 Å². The van der Waals surface area contributed by atoms with Crippen molar-refractivity contribution in [3.8, 4) is 18.1 Å². The summed E-state index contributed by atoms with van der Waals surface area (Å²) >= 11 is 0. The summed E-state index contributed by atoms with van der Waals surface area (Å²) in [4.78, 5) is 12.5. The predicted molar refractivity (Wildman–Crippen MR) is 99.8 cm³/mol. The van der Waals surface area contributed by atoms with Gasteiger partial charge in [-0.1, -0.05) is 30.3 Å². The Morgan fingerprint density at radius 2 is 2.08 bits per heavy atom. The van der Waals surface area contributed by atoms with Gasteiger partial charge in [0.05, 0.1) is 18.2 Å². The van der Waals surface area contributed by atoms with Gasteiger partial charge in [0.1, 0.15) is 5.75 Å². The molecule has 0 spiro atoms. The molecule has 126 valence electrons. The Balaban J connectivity index is 2.51. The zero-order chi connectivity index (χ0) is 18.0. The van der Waals surface area contributed by atoms with Crippen LogP contribution in [0.3, 0.4) is 0 Å². The second-order valence-corrected chi connectivity index (χ2v) is 5.75. The Morgan fingerprint density at radius 1 is 1.36 bits per heavy atom. The van der Waals surface area contributed by atoms with Gasteiger partial charge in [-0.3, -0.25) is 0 Å². The third-order valence-corrected chi connectivity index (χ3v) is 4.36. The van der Waals surface area contributed by atoms with Gasteiger partial charge >= 0.3 is 5.97 Å². The molecule has 1 heterocycles. The van der Waals surface area contributed by atoms with Gasteiger partial charge in [-0.25, -0.2) is 4.79 Å². The first-order chi connectivity index (χ1) is 12.1. The summed E-state index contributed by atoms with van der Waals surface area (Å²) in [6.07, 6.45) is 8.25. The maximum Gasteiger partial charge on any atom is 0.340 e. The summed E-state index contributed by atoms with van der Waals surface area (Å²) < 4.78 is 7.03. The highest BCUT2D eigenvalue weighted by Crippen LogP contribution is 2.38. The molecule has 0 bridgehead atoms. The zero-order valence-electron chi connectivity index (χ0n) is 14.1. The van der Waals surface area contributed by atoms with E-state index < -0.39 is 5.97 Å². The molecule has 4 heteroatoms. The van der Waals surface area contributed by atoms with E-state index in [9.17, 15) is 9.90 Å². The van der Waals surface area contributed by atoms with Crippen LogP contribution in [0, 0.1) is 12.3 Å². The smallest absolute Gasteiger partial charge is 0.340 e. The number of nitrogens with zero attached hydrogens (tertiary/aromatic N) is 1. The third kappa shape index (κ3) is 2.64. The van der Waals surface area contributed by atoms with Crippen molar-refractivity contribution in [1.82, 2.24) is 4.57 Å². The molecule has 0 amide bonds. The van der Waals surface area contributed by atoms with E-state index in [1.165, 1.54) is 7.11 Å². The summed E-state index contributed by atoms with van der Waals surface area (Å²) in [7, 11) is 1.35. The van der Waals surface area contributed by atoms with Crippen LogP contribution in [0.25, 0.3) is 21.7 Å². The Labute approximate surface area is 146 Å². The number of carbonyl (C=O) groups is 1. The topological polar surface area (TPSA) is 51.5 Å². The molecule has 0 saturated heterocycles. The number of phenolic OH excluding ortho intramolecular Hbond substituents is 1. The Morgan fingerprint density at radius 3 is 2.72 bits per heavy atom. The number of esters is 1. The highest BCUT2D eigenvalue weighted by molar-refractivity contribution is 6.16. The van der Waals surface area contributed by atoms with Crippen LogP contribution in [0.4, 0.5) is 0 Å². The van der Waals surface area contributed by atoms with E-state index >= 15 is 0 Å². The number of terminal acetylenes is 1. The quantitative estimate of drug-likeness (QED) is 0.435. The number of hydrogen-bond donors (Lipinski definition) is 1. The first-order valence-corrected chi connectivity index (χ1v) is 8.02. The normalized spacial score (nSPS) is 10.7. The Hall–Kier alpha value is -3.19. The minimum Gasteiger partial charge on any atom is -0.507 e. The van der Waals surface area contributed by atoms with Crippen LogP contribution in [0.15, 0.2) is 43.0 Å². The maximum absolute atomic E-state index is 12.5. The van der Waals surface area contributed by atoms with Crippen molar-refractivity contribution in [2.24, 2.45) is 0 Å². The lowest BCUT2D eigenvalue weighted by atomic mass is 10.0. The largest absolute Gasteiger partial charge is 0.507 e. The Kier molecular flexibility index (Phi) is 4.49. The van der Waals surface area contributed by atoms with Gasteiger partial charge in [0.2, 0.25) is 0 Å². The monoisotopic (exact) mass is 333 g/mol. The van der Waals surface area contributed by atoms with Crippen molar-refractivity contribution < 1.29 is 14.6 Å². The molecule has 3 aromatic rings. The number of phenols is 1. The summed E-state index contributed by atoms with van der Waals surface area (Å²) in [5.74, 6) is 2.32. The van der Waals surface area contributed by atoms with E-state index in [0.29, 0.717) is 30.3 Å². The number of fused-ring (bicyclic) bond motifs is 3. The van der Waals surface area contributed by atoms with Crippen molar-refractivity contribution in [2.75, 3.05) is 7.11 Å². The molecule has 0 unspecified atom stereocenters. The molecule has 0 aliphatic carbocycles. The van der Waals surface area contributed by atoms with Crippen molar-refractivity contribution in [3.63, 3.8) is 0 Å². The lowest BCUT2D eigenvalue weighted by Gasteiger charge is -2.10. The van der Waals surface area contributed by atoms with E-state index in [-0.39, 0.29) is 5.75 Å². The minimum atomic E-state index is -0.436. The summed E-state index contributed by atoms with van der Waals surface area (Å²) in [6.45, 7) is 4.36. The fourth-order valence-electron chi connectivity index (χ4n) is 3.36. The lowest BCUT2D eigenvalue weighted by molar-refractivity contribution is 0.0601. The molecule has 1 aromatic heterocycles. The average Bonchev–Trinajstić information content (AvgIpc) is 2.93. The molecular formula is C21H19NO3. The van der Waals surface area contributed by atoms with E-state index in [4.69, 9.17) is 11.2 Å². The van der Waals surface area contributed by atoms with Gasteiger partial charge in [0, 0.05) is 34.8 Å². The second-order valence-electron chi connectivity index (χ2n) is 5.75. The van der Waals surface area contributed by atoms with Crippen molar-refractivity contribution >= 4 is 27.6 Å². The molecule has 0 atom stereocenters. The molecule has 4 nitrogen and oxygen atoms in total. The molecule has 0 aliphatic rings. The number of allylic oxidation sites excluding steroid dienone is 1. The van der Waals surface area contributed by atoms with Crippen molar-refractivity contribution in [1.29, 1.82) is 0 Å². The molecule has 0 saturated carbocycles. The van der Waals surface area contributed by atoms with Crippen LogP contribution < -0.4 is 0 Å². The first kappa shape index (κ1) is 16.7. The number of hydrogen-bond acceptors (Lipinski definition) is 3. The van der Waals surface area contributed by atoms with Gasteiger partial charge in [-0.15, -0.1) is 18.9 Å². The first-order valence-electron chi connectivity index (χ1n) is 8.02. The van der Waals surface area contributed by atoms with Crippen LogP contribution in [-0.4, -0.2) is 22.8 Å². The summed E-state index contributed by atoms with van der Waals surface area (Å²) in [5, 5.41) is 12.7. The molecular weight excluding hydrogens is 314 g/mol. The fourth-order valence-corrected chi connectivity index (χ4v) is 3.36. The molecule has 0 aliphatic heterocycles. The number of benzene rings is 2. The predicted octanol–water partition coefficient (Wildman–Crippen LogP) is 4.04. The standard InChI is InChI=1S/C21H19NO3/c1-4-6-11-17-19(21(24)25-3)16-13-18(23)14-9-7-8-10-15(14)20(16)22(17)12-5-2/h1,5,7-10,13,23H,2,6,11-12H2,3H3. The van der Waals surface area contributed by atoms with E-state index in [1.807, 2.05) is 28.8 Å². The number of ether oxygens (including phenoxy) is 1. The highest BCUT2D eigenvalue weighted by atomic mass is 16.5. The van der Waals surface area contributed by atoms with E-state index in [1.54, 1.807) is 12.1 Å². The van der Waals surface area contributed by atoms with E-state index in [2.05, 4.69) is 12.5 Å². The molecule has 3 rings (SSSR count). The van der Waals surface area contributed by atoms with Crippen LogP contribution in [0.1, 0.15) is 22.5 Å². The van der Waals surface area contributed by atoms with Crippen LogP contribution in [-0.2, 0) is 17.7 Å². The number of methoxy groups -OCH3 is 1. The minimum absolute atomic E-state index is 0.132. The highest BCUT2D eigenvalue weighted by Gasteiger charge is 2.24. The molecule has 0 fully saturated rings. The SMILES string of the molecule is C#CCCc1c(C(=O)OC)c2cc(O)c3ccccc3c2n1CC=C. The van der Waals surface area contributed by atoms with Gasteiger partial charge < -0.3 is 14.4 Å². The summed E-state index contributed by atoms with van der Waals surface area (Å²) in [5.41, 5.74) is 2.13. The zero-order valence-corrected chi connectivity index (χ0v) is 14.1. The van der Waals surface area contributed by atoms with Crippen molar-refractivity contribution in [3.05, 3.63) is 54.2 Å². The number of rotatable bonds is 5. The lowest BCUT2D eigenvalue weighted by Crippen LogP contribution is -2.08. The van der Waals surface area contributed by atoms with Gasteiger partial charge in [0.15, 0.2) is 0 Å². The summed E-state index contributed by atoms with van der Waals surface area (Å²) in [6, 6.07) is 9.20. The van der Waals surface area contributed by atoms with Gasteiger partial charge in [-0.05, 0) is 12.5 Å². The molecule has 1 N–H and O–H groups in total. The van der Waals surface area contributed by atoms with Crippen LogP contribution in [0.5, 0.6) is 5.75 Å². The number of aromatic nitrogens is 1. The second kappa shape index (κ2) is 6.74. The third-order valence-electron chi connectivity index (χ3n) is 4.36. The maximum atomic E-state index is 12.5.